The summed E-state index contributed by atoms with van der Waals surface area (Å²) >= 11 is 0. The van der Waals surface area contributed by atoms with Crippen LogP contribution in [0.2, 0.25) is 0 Å². The maximum absolute atomic E-state index is 12.8. The molecule has 2 fully saturated rings. The summed E-state index contributed by atoms with van der Waals surface area (Å²) in [7, 11) is 1.91. The fourth-order valence-electron chi connectivity index (χ4n) is 4.01. The molecule has 126 valence electrons. The molecule has 23 heavy (non-hydrogen) atoms. The van der Waals surface area contributed by atoms with E-state index in [1.807, 2.05) is 23.8 Å². The molecule has 0 aromatic carbocycles. The molecule has 3 rings (SSSR count). The largest absolute Gasteiger partial charge is 0.342 e. The number of likely N-dealkylation sites (tertiary alicyclic amines) is 2. The molecule has 0 aliphatic carbocycles. The van der Waals surface area contributed by atoms with Gasteiger partial charge in [-0.25, -0.2) is 0 Å². The number of aryl methyl sites for hydroxylation is 1. The van der Waals surface area contributed by atoms with Crippen LogP contribution < -0.4 is 0 Å². The molecule has 2 amide bonds. The van der Waals surface area contributed by atoms with Crippen molar-refractivity contribution in [2.24, 2.45) is 5.92 Å². The van der Waals surface area contributed by atoms with Gasteiger partial charge in [0.05, 0.1) is 0 Å². The Morgan fingerprint density at radius 2 is 2.17 bits per heavy atom. The van der Waals surface area contributed by atoms with Crippen LogP contribution in [-0.2, 0) is 11.2 Å². The highest BCUT2D eigenvalue weighted by Gasteiger charge is 2.37. The first-order chi connectivity index (χ1) is 11.0. The highest BCUT2D eigenvalue weighted by atomic mass is 16.2. The first-order valence-electron chi connectivity index (χ1n) is 8.61. The minimum atomic E-state index is 0.0233. The van der Waals surface area contributed by atoms with E-state index < -0.39 is 0 Å². The van der Waals surface area contributed by atoms with E-state index in [0.717, 1.165) is 43.5 Å². The molecule has 6 heteroatoms. The predicted molar refractivity (Wildman–Crippen MR) is 87.1 cm³/mol. The number of rotatable bonds is 2. The number of nitrogens with one attached hydrogen (secondary N) is 1. The van der Waals surface area contributed by atoms with Crippen LogP contribution in [0.3, 0.4) is 0 Å². The number of hydrogen-bond acceptors (Lipinski definition) is 3. The lowest BCUT2D eigenvalue weighted by atomic mass is 9.88. The van der Waals surface area contributed by atoms with Gasteiger partial charge in [0, 0.05) is 43.9 Å². The lowest BCUT2D eigenvalue weighted by molar-refractivity contribution is -0.132. The summed E-state index contributed by atoms with van der Waals surface area (Å²) in [6.07, 6.45) is 4.29. The van der Waals surface area contributed by atoms with E-state index in [1.54, 1.807) is 0 Å². The van der Waals surface area contributed by atoms with E-state index in [-0.39, 0.29) is 17.9 Å². The van der Waals surface area contributed by atoms with Crippen molar-refractivity contribution in [2.45, 2.75) is 52.0 Å². The molecule has 2 aliphatic heterocycles. The maximum Gasteiger partial charge on any atom is 0.274 e. The Labute approximate surface area is 137 Å². The second-order valence-corrected chi connectivity index (χ2v) is 6.79. The molecule has 0 radical (unpaired) electrons. The third-order valence-electron chi connectivity index (χ3n) is 5.50. The quantitative estimate of drug-likeness (QED) is 0.903. The van der Waals surface area contributed by atoms with Crippen molar-refractivity contribution in [3.05, 3.63) is 17.0 Å². The highest BCUT2D eigenvalue weighted by molar-refractivity contribution is 5.94. The highest BCUT2D eigenvalue weighted by Crippen LogP contribution is 2.30. The van der Waals surface area contributed by atoms with Gasteiger partial charge in [-0.2, -0.15) is 5.10 Å². The Morgan fingerprint density at radius 1 is 1.39 bits per heavy atom. The topological polar surface area (TPSA) is 69.3 Å². The number of H-pyrrole nitrogens is 1. The number of piperidine rings is 1. The van der Waals surface area contributed by atoms with Gasteiger partial charge in [-0.05, 0) is 38.5 Å². The van der Waals surface area contributed by atoms with Crippen molar-refractivity contribution in [1.29, 1.82) is 0 Å². The molecule has 1 aromatic heterocycles. The van der Waals surface area contributed by atoms with Crippen LogP contribution in [0.25, 0.3) is 0 Å². The molecule has 3 heterocycles. The van der Waals surface area contributed by atoms with Crippen LogP contribution in [0, 0.1) is 12.8 Å². The summed E-state index contributed by atoms with van der Waals surface area (Å²) in [6, 6.07) is 0.278. The third kappa shape index (κ3) is 2.86. The molecule has 6 nitrogen and oxygen atoms in total. The smallest absolute Gasteiger partial charge is 0.274 e. The van der Waals surface area contributed by atoms with Gasteiger partial charge < -0.3 is 9.80 Å². The summed E-state index contributed by atoms with van der Waals surface area (Å²) in [5, 5.41) is 7.20. The molecular weight excluding hydrogens is 292 g/mol. The minimum absolute atomic E-state index is 0.0233. The van der Waals surface area contributed by atoms with Crippen molar-refractivity contribution >= 4 is 11.8 Å². The van der Waals surface area contributed by atoms with Crippen LogP contribution in [0.15, 0.2) is 0 Å². The van der Waals surface area contributed by atoms with E-state index in [9.17, 15) is 9.59 Å². The number of carbonyl (C=O) groups is 2. The van der Waals surface area contributed by atoms with Gasteiger partial charge in [0.25, 0.3) is 5.91 Å². The van der Waals surface area contributed by atoms with Gasteiger partial charge >= 0.3 is 0 Å². The number of nitrogens with zero attached hydrogens (tertiary/aromatic N) is 3. The van der Waals surface area contributed by atoms with Gasteiger partial charge in [0.15, 0.2) is 5.69 Å². The average Bonchev–Trinajstić information content (AvgIpc) is 2.87. The molecule has 0 unspecified atom stereocenters. The predicted octanol–water partition coefficient (Wildman–Crippen LogP) is 1.75. The standard InChI is InChI=1S/C17H26N4O2/c1-4-13-11(2)16(19-18-13)17(23)21-9-8-14-12(10-21)6-5-7-15(22)20(14)3/h12,14H,4-10H2,1-3H3,(H,18,19)/t12-,14+/m0/s1. The SMILES string of the molecule is CCc1[nH]nc(C(=O)N2CC[C@@H]3[C@@H](CCCC(=O)N3C)C2)c1C. The molecule has 1 aromatic rings. The zero-order valence-electron chi connectivity index (χ0n) is 14.3. The number of carbonyl (C=O) groups excluding carboxylic acids is 2. The summed E-state index contributed by atoms with van der Waals surface area (Å²) in [5.74, 6) is 0.650. The molecule has 0 spiro atoms. The Bertz CT molecular complexity index is 610. The maximum atomic E-state index is 12.8. The lowest BCUT2D eigenvalue weighted by Gasteiger charge is -2.41. The zero-order valence-corrected chi connectivity index (χ0v) is 14.3. The van der Waals surface area contributed by atoms with Crippen molar-refractivity contribution in [1.82, 2.24) is 20.0 Å². The van der Waals surface area contributed by atoms with E-state index in [2.05, 4.69) is 17.1 Å². The van der Waals surface area contributed by atoms with E-state index >= 15 is 0 Å². The first kappa shape index (κ1) is 16.0. The molecular formula is C17H26N4O2. The number of amides is 2. The fourth-order valence-corrected chi connectivity index (χ4v) is 4.01. The normalized spacial score (nSPS) is 25.3. The monoisotopic (exact) mass is 318 g/mol. The van der Waals surface area contributed by atoms with Gasteiger partial charge in [-0.15, -0.1) is 0 Å². The minimum Gasteiger partial charge on any atom is -0.342 e. The van der Waals surface area contributed by atoms with E-state index in [1.165, 1.54) is 0 Å². The third-order valence-corrected chi connectivity index (χ3v) is 5.50. The second-order valence-electron chi connectivity index (χ2n) is 6.79. The summed E-state index contributed by atoms with van der Waals surface area (Å²) < 4.78 is 0. The zero-order chi connectivity index (χ0) is 16.6. The van der Waals surface area contributed by atoms with Crippen LogP contribution >= 0.6 is 0 Å². The van der Waals surface area contributed by atoms with Crippen LogP contribution in [0.1, 0.15) is 54.4 Å². The number of aromatic nitrogens is 2. The van der Waals surface area contributed by atoms with Crippen molar-refractivity contribution < 1.29 is 9.59 Å². The molecule has 0 bridgehead atoms. The molecule has 2 aliphatic rings. The Hall–Kier alpha value is -1.85. The van der Waals surface area contributed by atoms with E-state index in [4.69, 9.17) is 0 Å². The second kappa shape index (κ2) is 6.34. The molecule has 2 atom stereocenters. The summed E-state index contributed by atoms with van der Waals surface area (Å²) in [4.78, 5) is 28.7. The number of fused-ring (bicyclic) bond motifs is 1. The van der Waals surface area contributed by atoms with Crippen LogP contribution in [0.4, 0.5) is 0 Å². The number of hydrogen-bond donors (Lipinski definition) is 1. The molecule has 1 N–H and O–H groups in total. The molecule has 0 saturated carbocycles. The van der Waals surface area contributed by atoms with Crippen LogP contribution in [0.5, 0.6) is 0 Å². The molecule has 2 saturated heterocycles. The van der Waals surface area contributed by atoms with Gasteiger partial charge in [-0.1, -0.05) is 6.92 Å². The Kier molecular flexibility index (Phi) is 4.41. The summed E-state index contributed by atoms with van der Waals surface area (Å²) in [6.45, 7) is 5.44. The van der Waals surface area contributed by atoms with Gasteiger partial charge in [-0.3, -0.25) is 14.7 Å². The van der Waals surface area contributed by atoms with E-state index in [0.29, 0.717) is 24.6 Å². The van der Waals surface area contributed by atoms with Gasteiger partial charge in [0.2, 0.25) is 5.91 Å². The van der Waals surface area contributed by atoms with Crippen molar-refractivity contribution in [2.75, 3.05) is 20.1 Å². The first-order valence-corrected chi connectivity index (χ1v) is 8.61. The fraction of sp³-hybridized carbons (Fsp3) is 0.706. The average molecular weight is 318 g/mol. The van der Waals surface area contributed by atoms with Crippen LogP contribution in [-0.4, -0.2) is 58.0 Å². The van der Waals surface area contributed by atoms with Crippen molar-refractivity contribution in [3.63, 3.8) is 0 Å². The lowest BCUT2D eigenvalue weighted by Crippen LogP contribution is -2.51. The summed E-state index contributed by atoms with van der Waals surface area (Å²) in [5.41, 5.74) is 2.55. The Morgan fingerprint density at radius 3 is 2.87 bits per heavy atom. The Balaban J connectivity index is 1.74. The van der Waals surface area contributed by atoms with Crippen molar-refractivity contribution in [3.8, 4) is 0 Å². The number of aromatic amines is 1. The van der Waals surface area contributed by atoms with Gasteiger partial charge in [0.1, 0.15) is 0 Å².